The number of aromatic nitrogens is 5. The van der Waals surface area contributed by atoms with E-state index in [0.29, 0.717) is 0 Å². The molecule has 17 heteroatoms. The molecule has 0 aromatic carbocycles. The van der Waals surface area contributed by atoms with Crippen molar-refractivity contribution in [3.8, 4) is 0 Å². The number of nitrogens with two attached hydrogens (primary N) is 2. The minimum Gasteiger partial charge on any atom is -0.394 e. The average molecular weight is 501 g/mol. The molecule has 8 atom stereocenters. The molecule has 10 N–H and O–H groups in total. The maximum atomic E-state index is 11.5. The highest BCUT2D eigenvalue weighted by Crippen LogP contribution is 2.27. The fourth-order valence-corrected chi connectivity index (χ4v) is 3.54. The first-order valence-electron chi connectivity index (χ1n) is 10.4. The molecule has 0 unspecified atom stereocenters. The molecule has 2 aromatic heterocycles. The van der Waals surface area contributed by atoms with Gasteiger partial charge in [0.15, 0.2) is 6.23 Å². The molecule has 2 aromatic rings. The molecular weight excluding hydrogens is 474 g/mol. The highest BCUT2D eigenvalue weighted by Gasteiger charge is 2.44. The van der Waals surface area contributed by atoms with E-state index < -0.39 is 73.5 Å². The lowest BCUT2D eigenvalue weighted by molar-refractivity contribution is -0.0554. The summed E-state index contributed by atoms with van der Waals surface area (Å²) in [6.45, 7) is -0.843. The topological polar surface area (TPSA) is 275 Å². The summed E-state index contributed by atoms with van der Waals surface area (Å²) in [7, 11) is 0. The fraction of sp³-hybridized carbons (Fsp3) is 0.611. The number of hydrogen-bond acceptors (Lipinski definition) is 15. The van der Waals surface area contributed by atoms with Crippen molar-refractivity contribution in [2.45, 2.75) is 55.5 Å². The summed E-state index contributed by atoms with van der Waals surface area (Å²) in [5.41, 5.74) is 9.24. The zero-order valence-electron chi connectivity index (χ0n) is 18.2. The lowest BCUT2D eigenvalue weighted by Crippen LogP contribution is -2.37. The van der Waals surface area contributed by atoms with E-state index in [9.17, 15) is 30.0 Å². The highest BCUT2D eigenvalue weighted by atomic mass is 16.6. The lowest BCUT2D eigenvalue weighted by Gasteiger charge is -2.16. The second-order valence-electron chi connectivity index (χ2n) is 7.80. The van der Waals surface area contributed by atoms with Crippen molar-refractivity contribution < 1.29 is 40.1 Å². The van der Waals surface area contributed by atoms with Gasteiger partial charge in [-0.3, -0.25) is 9.13 Å². The first kappa shape index (κ1) is 26.6. The van der Waals surface area contributed by atoms with Crippen LogP contribution in [0.4, 0.5) is 11.8 Å². The molecule has 2 saturated heterocycles. The third-order valence-corrected chi connectivity index (χ3v) is 5.45. The summed E-state index contributed by atoms with van der Waals surface area (Å²) in [5, 5.41) is 56.3. The van der Waals surface area contributed by atoms with E-state index in [2.05, 4.69) is 15.0 Å². The van der Waals surface area contributed by atoms with Crippen LogP contribution in [0.3, 0.4) is 0 Å². The van der Waals surface area contributed by atoms with Gasteiger partial charge in [-0.15, -0.1) is 0 Å². The minimum absolute atomic E-state index is 0.0286. The molecule has 194 valence electrons. The quantitative estimate of drug-likeness (QED) is 0.189. The van der Waals surface area contributed by atoms with Gasteiger partial charge in [0.1, 0.15) is 54.9 Å². The summed E-state index contributed by atoms with van der Waals surface area (Å²) < 4.78 is 12.5. The number of hydrogen-bond donors (Lipinski definition) is 8. The fourth-order valence-electron chi connectivity index (χ4n) is 3.54. The molecule has 4 heterocycles. The third-order valence-electron chi connectivity index (χ3n) is 5.45. The Bertz CT molecular complexity index is 1110. The molecule has 35 heavy (non-hydrogen) atoms. The van der Waals surface area contributed by atoms with Crippen molar-refractivity contribution in [3.05, 3.63) is 39.6 Å². The van der Waals surface area contributed by atoms with Crippen LogP contribution in [0.25, 0.3) is 0 Å². The zero-order valence-corrected chi connectivity index (χ0v) is 18.2. The Morgan fingerprint density at radius 2 is 1.46 bits per heavy atom. The number of rotatable bonds is 5. The standard InChI is InChI=1S/C10H15N3O5.C8H12N4O5/c11-7-1-2-13(10(17)12-7)3-5-8(15)9(16)6(4-14)18-5;9-7-10-2-12(8(16)11-7)6-5(15)4(14)3(1-13)17-6/h1-2,5-6,8-9,14-16H,3-4H2,(H2,11,12,17);2-6,13-15H,1H2,(H2,9,11,16)/t5-,6+,8-,9+;3-,4-,5-,6-/m01/s1. The number of anilines is 2. The van der Waals surface area contributed by atoms with Gasteiger partial charge in [0.25, 0.3) is 0 Å². The molecule has 0 saturated carbocycles. The summed E-state index contributed by atoms with van der Waals surface area (Å²) in [5.74, 6) is -0.0876. The van der Waals surface area contributed by atoms with Gasteiger partial charge in [0.05, 0.1) is 19.8 Å². The first-order valence-corrected chi connectivity index (χ1v) is 10.4. The summed E-state index contributed by atoms with van der Waals surface area (Å²) in [6, 6.07) is 1.45. The molecule has 4 rings (SSSR count). The lowest BCUT2D eigenvalue weighted by atomic mass is 10.1. The van der Waals surface area contributed by atoms with Crippen LogP contribution in [-0.4, -0.2) is 111 Å². The molecule has 2 fully saturated rings. The molecule has 0 spiro atoms. The van der Waals surface area contributed by atoms with Gasteiger partial charge in [-0.05, 0) is 6.07 Å². The van der Waals surface area contributed by atoms with Gasteiger partial charge in [0.2, 0.25) is 5.95 Å². The van der Waals surface area contributed by atoms with Gasteiger partial charge in [-0.25, -0.2) is 14.6 Å². The Kier molecular flexibility index (Phi) is 8.46. The van der Waals surface area contributed by atoms with E-state index in [-0.39, 0.29) is 18.3 Å². The van der Waals surface area contributed by atoms with Crippen molar-refractivity contribution >= 4 is 11.8 Å². The molecule has 2 aliphatic rings. The maximum absolute atomic E-state index is 11.5. The number of aliphatic hydroxyl groups is 6. The van der Waals surface area contributed by atoms with E-state index in [0.717, 1.165) is 10.9 Å². The third kappa shape index (κ3) is 5.80. The Morgan fingerprint density at radius 3 is 2.00 bits per heavy atom. The minimum atomic E-state index is -1.35. The van der Waals surface area contributed by atoms with Crippen LogP contribution >= 0.6 is 0 Å². The van der Waals surface area contributed by atoms with Crippen LogP contribution in [-0.2, 0) is 16.0 Å². The van der Waals surface area contributed by atoms with Crippen molar-refractivity contribution in [2.75, 3.05) is 24.7 Å². The van der Waals surface area contributed by atoms with E-state index in [1.54, 1.807) is 0 Å². The van der Waals surface area contributed by atoms with E-state index >= 15 is 0 Å². The summed E-state index contributed by atoms with van der Waals surface area (Å²) in [6.07, 6.45) is -6.20. The van der Waals surface area contributed by atoms with Gasteiger partial charge in [0, 0.05) is 6.20 Å². The van der Waals surface area contributed by atoms with Crippen molar-refractivity contribution in [1.29, 1.82) is 0 Å². The van der Waals surface area contributed by atoms with E-state index in [1.807, 2.05) is 0 Å². The monoisotopic (exact) mass is 501 g/mol. The molecular formula is C18H27N7O10. The predicted molar refractivity (Wildman–Crippen MR) is 114 cm³/mol. The van der Waals surface area contributed by atoms with E-state index in [4.69, 9.17) is 31.2 Å². The normalized spacial score (nSPS) is 32.3. The smallest absolute Gasteiger partial charge is 0.354 e. The molecule has 17 nitrogen and oxygen atoms in total. The first-order chi connectivity index (χ1) is 16.6. The van der Waals surface area contributed by atoms with Crippen LogP contribution in [0.1, 0.15) is 6.23 Å². The van der Waals surface area contributed by atoms with Crippen LogP contribution in [0.2, 0.25) is 0 Å². The van der Waals surface area contributed by atoms with Gasteiger partial charge < -0.3 is 51.6 Å². The SMILES string of the molecule is Nc1ccn(C[C@@H]2O[C@H](CO)[C@@H](O)[C@H]2O)c(=O)n1.Nc1ncn([C@@H]2O[C@H](CO)[C@@H](O)[C@H]2O)c(=O)n1. The number of nitrogen functional groups attached to an aromatic ring is 2. The Labute approximate surface area is 196 Å². The Morgan fingerprint density at radius 1 is 0.857 bits per heavy atom. The highest BCUT2D eigenvalue weighted by molar-refractivity contribution is 5.23. The molecule has 0 bridgehead atoms. The predicted octanol–water partition coefficient (Wildman–Crippen LogP) is -5.86. The number of aliphatic hydroxyl groups excluding tert-OH is 6. The number of nitrogens with zero attached hydrogens (tertiary/aromatic N) is 5. The summed E-state index contributed by atoms with van der Waals surface area (Å²) >= 11 is 0. The van der Waals surface area contributed by atoms with Crippen molar-refractivity contribution in [1.82, 2.24) is 24.1 Å². The van der Waals surface area contributed by atoms with E-state index in [1.165, 1.54) is 16.8 Å². The van der Waals surface area contributed by atoms with Crippen LogP contribution in [0.5, 0.6) is 0 Å². The van der Waals surface area contributed by atoms with Gasteiger partial charge in [-0.2, -0.15) is 9.97 Å². The second kappa shape index (κ2) is 11.1. The Balaban J connectivity index is 0.000000196. The van der Waals surface area contributed by atoms with Crippen LogP contribution in [0, 0.1) is 0 Å². The Hall–Kier alpha value is -3.03. The van der Waals surface area contributed by atoms with Crippen LogP contribution in [0.15, 0.2) is 28.2 Å². The largest absolute Gasteiger partial charge is 0.394 e. The molecule has 0 radical (unpaired) electrons. The molecule has 0 aliphatic carbocycles. The zero-order chi connectivity index (χ0) is 25.9. The second-order valence-corrected chi connectivity index (χ2v) is 7.80. The van der Waals surface area contributed by atoms with Gasteiger partial charge >= 0.3 is 11.4 Å². The van der Waals surface area contributed by atoms with Crippen LogP contribution < -0.4 is 22.8 Å². The van der Waals surface area contributed by atoms with Crippen molar-refractivity contribution in [3.63, 3.8) is 0 Å². The van der Waals surface area contributed by atoms with Gasteiger partial charge in [-0.1, -0.05) is 0 Å². The average Bonchev–Trinajstić information content (AvgIpc) is 3.26. The molecule has 2 aliphatic heterocycles. The maximum Gasteiger partial charge on any atom is 0.354 e. The van der Waals surface area contributed by atoms with Crippen molar-refractivity contribution in [2.24, 2.45) is 0 Å². The summed E-state index contributed by atoms with van der Waals surface area (Å²) in [4.78, 5) is 33.5. The molecule has 0 amide bonds. The number of ether oxygens (including phenoxy) is 2.